The number of rotatable bonds is 2. The van der Waals surface area contributed by atoms with Gasteiger partial charge in [-0.2, -0.15) is 0 Å². The van der Waals surface area contributed by atoms with E-state index in [0.29, 0.717) is 0 Å². The Bertz CT molecular complexity index is 633. The second-order valence-corrected chi connectivity index (χ2v) is 3.31. The number of hydrogen-bond acceptors (Lipinski definition) is 5. The first-order valence-electron chi connectivity index (χ1n) is 4.71. The maximum absolute atomic E-state index is 13.6. The predicted molar refractivity (Wildman–Crippen MR) is 58.5 cm³/mol. The van der Waals surface area contributed by atoms with Crippen LogP contribution in [0.4, 0.5) is 20.3 Å². The first kappa shape index (κ1) is 11.8. The molecule has 0 amide bonds. The van der Waals surface area contributed by atoms with Gasteiger partial charge in [-0.3, -0.25) is 10.1 Å². The third-order valence-electron chi connectivity index (χ3n) is 2.24. The van der Waals surface area contributed by atoms with E-state index in [2.05, 4.69) is 9.97 Å². The van der Waals surface area contributed by atoms with Crippen LogP contribution >= 0.6 is 0 Å². The molecule has 0 fully saturated rings. The van der Waals surface area contributed by atoms with Crippen molar-refractivity contribution in [3.8, 4) is 11.3 Å². The number of nitrogens with zero attached hydrogens (tertiary/aromatic N) is 3. The molecule has 1 heterocycles. The van der Waals surface area contributed by atoms with Gasteiger partial charge in [0.2, 0.25) is 5.82 Å². The summed E-state index contributed by atoms with van der Waals surface area (Å²) in [5, 5.41) is 10.8. The molecule has 0 spiro atoms. The van der Waals surface area contributed by atoms with E-state index in [4.69, 9.17) is 5.73 Å². The normalized spacial score (nSPS) is 10.3. The van der Waals surface area contributed by atoms with Crippen molar-refractivity contribution in [3.63, 3.8) is 0 Å². The Morgan fingerprint density at radius 3 is 2.67 bits per heavy atom. The molecule has 1 aromatic heterocycles. The number of nitrogen functional groups attached to an aromatic ring is 1. The highest BCUT2D eigenvalue weighted by molar-refractivity contribution is 5.75. The van der Waals surface area contributed by atoms with Gasteiger partial charge in [0.15, 0.2) is 17.3 Å². The quantitative estimate of drug-likeness (QED) is 0.650. The number of nitro groups is 1. The molecule has 0 radical (unpaired) electrons. The van der Waals surface area contributed by atoms with Crippen LogP contribution in [0.1, 0.15) is 0 Å². The maximum Gasteiger partial charge on any atom is 0.337 e. The Hall–Kier alpha value is -2.64. The molecule has 0 aliphatic rings. The molecule has 18 heavy (non-hydrogen) atoms. The van der Waals surface area contributed by atoms with Crippen LogP contribution in [0.3, 0.4) is 0 Å². The van der Waals surface area contributed by atoms with Crippen molar-refractivity contribution in [2.45, 2.75) is 0 Å². The van der Waals surface area contributed by atoms with Gasteiger partial charge in [-0.25, -0.2) is 18.7 Å². The Labute approximate surface area is 99.3 Å². The average Bonchev–Trinajstić information content (AvgIpc) is 2.32. The van der Waals surface area contributed by atoms with E-state index in [-0.39, 0.29) is 11.3 Å². The van der Waals surface area contributed by atoms with E-state index in [0.717, 1.165) is 12.4 Å². The summed E-state index contributed by atoms with van der Waals surface area (Å²) >= 11 is 0. The van der Waals surface area contributed by atoms with Crippen LogP contribution in [0.15, 0.2) is 24.5 Å². The highest BCUT2D eigenvalue weighted by atomic mass is 19.2. The molecule has 2 rings (SSSR count). The Morgan fingerprint density at radius 2 is 2.00 bits per heavy atom. The first-order valence-corrected chi connectivity index (χ1v) is 4.71. The molecule has 0 aliphatic heterocycles. The van der Waals surface area contributed by atoms with Crippen LogP contribution in [-0.4, -0.2) is 14.9 Å². The van der Waals surface area contributed by atoms with E-state index >= 15 is 0 Å². The number of aromatic nitrogens is 2. The van der Waals surface area contributed by atoms with E-state index < -0.39 is 28.1 Å². The van der Waals surface area contributed by atoms with E-state index in [1.807, 2.05) is 0 Å². The van der Waals surface area contributed by atoms with E-state index in [1.54, 1.807) is 0 Å². The summed E-state index contributed by atoms with van der Waals surface area (Å²) in [4.78, 5) is 17.0. The number of benzene rings is 1. The molecular weight excluding hydrogens is 246 g/mol. The second kappa shape index (κ2) is 4.32. The van der Waals surface area contributed by atoms with Gasteiger partial charge in [0, 0.05) is 5.56 Å². The van der Waals surface area contributed by atoms with E-state index in [1.165, 1.54) is 12.1 Å². The zero-order valence-electron chi connectivity index (χ0n) is 8.80. The molecule has 1 aromatic carbocycles. The van der Waals surface area contributed by atoms with E-state index in [9.17, 15) is 18.9 Å². The Balaban J connectivity index is 2.75. The van der Waals surface area contributed by atoms with Crippen molar-refractivity contribution in [1.29, 1.82) is 0 Å². The lowest BCUT2D eigenvalue weighted by molar-refractivity contribution is -0.383. The lowest BCUT2D eigenvalue weighted by Crippen LogP contribution is -2.03. The topological polar surface area (TPSA) is 94.9 Å². The highest BCUT2D eigenvalue weighted by Gasteiger charge is 2.25. The summed E-state index contributed by atoms with van der Waals surface area (Å²) in [5.74, 6) is -2.76. The Kier molecular flexibility index (Phi) is 2.84. The number of hydrogen-bond donors (Lipinski definition) is 1. The summed E-state index contributed by atoms with van der Waals surface area (Å²) in [6.45, 7) is 0. The lowest BCUT2D eigenvalue weighted by atomic mass is 10.1. The van der Waals surface area contributed by atoms with Crippen molar-refractivity contribution in [2.24, 2.45) is 0 Å². The molecule has 6 nitrogen and oxygen atoms in total. The standard InChI is InChI=1S/C10H6F2N4O2/c11-6-3-1-2-5(7(6)12)8-9(16(17)18)10(13)15-4-14-8/h1-4H,(H2,13,14,15). The summed E-state index contributed by atoms with van der Waals surface area (Å²) in [5.41, 5.74) is 3.99. The zero-order chi connectivity index (χ0) is 13.3. The molecule has 0 bridgehead atoms. The molecule has 0 saturated heterocycles. The predicted octanol–water partition coefficient (Wildman–Crippen LogP) is 1.91. The van der Waals surface area contributed by atoms with Crippen molar-refractivity contribution < 1.29 is 13.7 Å². The SMILES string of the molecule is Nc1ncnc(-c2cccc(F)c2F)c1[N+](=O)[O-]. The number of halogens is 2. The fourth-order valence-electron chi connectivity index (χ4n) is 1.46. The van der Waals surface area contributed by atoms with Gasteiger partial charge < -0.3 is 5.73 Å². The van der Waals surface area contributed by atoms with Crippen LogP contribution < -0.4 is 5.73 Å². The van der Waals surface area contributed by atoms with Crippen LogP contribution in [0.5, 0.6) is 0 Å². The number of anilines is 1. The monoisotopic (exact) mass is 252 g/mol. The van der Waals surface area contributed by atoms with Gasteiger partial charge >= 0.3 is 5.69 Å². The lowest BCUT2D eigenvalue weighted by Gasteiger charge is -2.05. The van der Waals surface area contributed by atoms with Crippen molar-refractivity contribution >= 4 is 11.5 Å². The number of nitrogens with two attached hydrogens (primary N) is 1. The van der Waals surface area contributed by atoms with Gasteiger partial charge in [-0.05, 0) is 12.1 Å². The van der Waals surface area contributed by atoms with Crippen LogP contribution in [-0.2, 0) is 0 Å². The third-order valence-corrected chi connectivity index (χ3v) is 2.24. The smallest absolute Gasteiger partial charge is 0.337 e. The first-order chi connectivity index (χ1) is 8.52. The maximum atomic E-state index is 13.6. The summed E-state index contributed by atoms with van der Waals surface area (Å²) in [6.07, 6.45) is 0.946. The van der Waals surface area contributed by atoms with Crippen LogP contribution in [0.2, 0.25) is 0 Å². The third kappa shape index (κ3) is 1.83. The largest absolute Gasteiger partial charge is 0.378 e. The minimum Gasteiger partial charge on any atom is -0.378 e. The summed E-state index contributed by atoms with van der Waals surface area (Å²) in [6, 6.07) is 3.29. The summed E-state index contributed by atoms with van der Waals surface area (Å²) < 4.78 is 26.6. The average molecular weight is 252 g/mol. The fraction of sp³-hybridized carbons (Fsp3) is 0. The second-order valence-electron chi connectivity index (χ2n) is 3.31. The molecule has 92 valence electrons. The van der Waals surface area contributed by atoms with Gasteiger partial charge in [0.1, 0.15) is 6.33 Å². The molecular formula is C10H6F2N4O2. The molecule has 2 aromatic rings. The molecule has 8 heteroatoms. The van der Waals surface area contributed by atoms with Crippen LogP contribution in [0, 0.1) is 21.7 Å². The molecule has 0 saturated carbocycles. The zero-order valence-corrected chi connectivity index (χ0v) is 8.80. The minimum atomic E-state index is -1.22. The fourth-order valence-corrected chi connectivity index (χ4v) is 1.46. The van der Waals surface area contributed by atoms with Gasteiger partial charge in [0.25, 0.3) is 0 Å². The van der Waals surface area contributed by atoms with Crippen molar-refractivity contribution in [3.05, 3.63) is 46.3 Å². The molecule has 0 atom stereocenters. The molecule has 2 N–H and O–H groups in total. The van der Waals surface area contributed by atoms with Gasteiger partial charge in [-0.15, -0.1) is 0 Å². The van der Waals surface area contributed by atoms with Gasteiger partial charge in [-0.1, -0.05) is 6.07 Å². The van der Waals surface area contributed by atoms with Crippen molar-refractivity contribution in [1.82, 2.24) is 9.97 Å². The highest BCUT2D eigenvalue weighted by Crippen LogP contribution is 2.33. The minimum absolute atomic E-state index is 0.337. The van der Waals surface area contributed by atoms with Crippen molar-refractivity contribution in [2.75, 3.05) is 5.73 Å². The molecule has 0 unspecified atom stereocenters. The summed E-state index contributed by atoms with van der Waals surface area (Å²) in [7, 11) is 0. The van der Waals surface area contributed by atoms with Crippen LogP contribution in [0.25, 0.3) is 11.3 Å². The molecule has 0 aliphatic carbocycles. The Morgan fingerprint density at radius 1 is 1.28 bits per heavy atom. The van der Waals surface area contributed by atoms with Gasteiger partial charge in [0.05, 0.1) is 4.92 Å².